The molecule has 20 heavy (non-hydrogen) atoms. The first-order chi connectivity index (χ1) is 9.75. The molecular formula is C16H33N3O. The number of nitrogens with one attached hydrogen (secondary N) is 1. The van der Waals surface area contributed by atoms with Gasteiger partial charge in [0.05, 0.1) is 12.7 Å². The van der Waals surface area contributed by atoms with Gasteiger partial charge in [-0.25, -0.2) is 0 Å². The van der Waals surface area contributed by atoms with Crippen molar-refractivity contribution in [1.29, 1.82) is 0 Å². The van der Waals surface area contributed by atoms with E-state index in [0.29, 0.717) is 6.10 Å². The van der Waals surface area contributed by atoms with Crippen LogP contribution in [0.4, 0.5) is 0 Å². The molecule has 0 spiro atoms. The minimum atomic E-state index is 0.379. The molecule has 0 radical (unpaired) electrons. The van der Waals surface area contributed by atoms with Crippen molar-refractivity contribution in [3.05, 3.63) is 0 Å². The van der Waals surface area contributed by atoms with Crippen LogP contribution in [0.5, 0.6) is 0 Å². The number of likely N-dealkylation sites (N-methyl/N-ethyl adjacent to an activating group) is 1. The predicted octanol–water partition coefficient (Wildman–Crippen LogP) is 1.56. The van der Waals surface area contributed by atoms with Crippen LogP contribution in [-0.2, 0) is 4.74 Å². The molecule has 2 fully saturated rings. The van der Waals surface area contributed by atoms with E-state index in [2.05, 4.69) is 29.2 Å². The summed E-state index contributed by atoms with van der Waals surface area (Å²) >= 11 is 0. The first kappa shape index (κ1) is 16.2. The molecule has 0 aromatic carbocycles. The summed E-state index contributed by atoms with van der Waals surface area (Å²) in [5.41, 5.74) is 0. The van der Waals surface area contributed by atoms with Gasteiger partial charge in [0, 0.05) is 25.7 Å². The van der Waals surface area contributed by atoms with Gasteiger partial charge in [0.25, 0.3) is 0 Å². The summed E-state index contributed by atoms with van der Waals surface area (Å²) in [5, 5.41) is 3.56. The zero-order valence-electron chi connectivity index (χ0n) is 13.4. The molecule has 2 aliphatic rings. The van der Waals surface area contributed by atoms with Crippen molar-refractivity contribution >= 4 is 0 Å². The quantitative estimate of drug-likeness (QED) is 0.718. The van der Waals surface area contributed by atoms with Crippen LogP contribution in [0, 0.1) is 0 Å². The van der Waals surface area contributed by atoms with E-state index in [1.807, 2.05) is 0 Å². The summed E-state index contributed by atoms with van der Waals surface area (Å²) in [6.07, 6.45) is 8.75. The van der Waals surface area contributed by atoms with Gasteiger partial charge in [-0.1, -0.05) is 19.3 Å². The fraction of sp³-hybridized carbons (Fsp3) is 1.00. The van der Waals surface area contributed by atoms with E-state index in [9.17, 15) is 0 Å². The van der Waals surface area contributed by atoms with E-state index in [4.69, 9.17) is 4.74 Å². The molecule has 118 valence electrons. The molecule has 4 nitrogen and oxygen atoms in total. The van der Waals surface area contributed by atoms with Crippen molar-refractivity contribution in [2.45, 2.75) is 50.7 Å². The van der Waals surface area contributed by atoms with Crippen LogP contribution in [0.25, 0.3) is 0 Å². The highest BCUT2D eigenvalue weighted by molar-refractivity contribution is 4.74. The zero-order chi connectivity index (χ0) is 14.2. The molecule has 0 bridgehead atoms. The van der Waals surface area contributed by atoms with E-state index >= 15 is 0 Å². The van der Waals surface area contributed by atoms with Gasteiger partial charge in [-0.15, -0.1) is 0 Å². The van der Waals surface area contributed by atoms with Crippen LogP contribution in [0.15, 0.2) is 0 Å². The number of hydrogen-bond acceptors (Lipinski definition) is 4. The fourth-order valence-electron chi connectivity index (χ4n) is 3.41. The maximum Gasteiger partial charge on any atom is 0.0826 e. The fourth-order valence-corrected chi connectivity index (χ4v) is 3.41. The molecule has 1 aliphatic carbocycles. The Hall–Kier alpha value is -0.160. The molecule has 1 N–H and O–H groups in total. The van der Waals surface area contributed by atoms with Gasteiger partial charge in [-0.2, -0.15) is 0 Å². The van der Waals surface area contributed by atoms with Gasteiger partial charge < -0.3 is 19.9 Å². The molecule has 1 saturated heterocycles. The molecule has 1 heterocycles. The lowest BCUT2D eigenvalue weighted by Gasteiger charge is -2.31. The van der Waals surface area contributed by atoms with E-state index in [1.54, 1.807) is 0 Å². The Kier molecular flexibility index (Phi) is 7.28. The molecule has 1 unspecified atom stereocenters. The molecule has 1 aliphatic heterocycles. The van der Waals surface area contributed by atoms with E-state index in [0.717, 1.165) is 38.8 Å². The van der Waals surface area contributed by atoms with Crippen molar-refractivity contribution in [3.8, 4) is 0 Å². The highest BCUT2D eigenvalue weighted by Crippen LogP contribution is 2.21. The number of hydrogen-bond donors (Lipinski definition) is 1. The van der Waals surface area contributed by atoms with Crippen molar-refractivity contribution in [2.75, 3.05) is 53.4 Å². The molecule has 4 heteroatoms. The first-order valence-electron chi connectivity index (χ1n) is 8.47. The van der Waals surface area contributed by atoms with E-state index in [-0.39, 0.29) is 0 Å². The Labute approximate surface area is 124 Å². The number of ether oxygens (including phenoxy) is 1. The SMILES string of the molecule is CN1CCOC(CNCCCN(C)C2CCCCC2)C1. The predicted molar refractivity (Wildman–Crippen MR) is 84.2 cm³/mol. The lowest BCUT2D eigenvalue weighted by molar-refractivity contribution is -0.0180. The maximum absolute atomic E-state index is 5.76. The number of morpholine rings is 1. The Balaban J connectivity index is 1.48. The first-order valence-corrected chi connectivity index (χ1v) is 8.47. The van der Waals surface area contributed by atoms with Crippen LogP contribution in [-0.4, -0.2) is 75.4 Å². The van der Waals surface area contributed by atoms with E-state index < -0.39 is 0 Å². The van der Waals surface area contributed by atoms with Crippen LogP contribution < -0.4 is 5.32 Å². The summed E-state index contributed by atoms with van der Waals surface area (Å²) in [6.45, 7) is 6.35. The van der Waals surface area contributed by atoms with Crippen LogP contribution in [0.1, 0.15) is 38.5 Å². The molecule has 0 aromatic heterocycles. The topological polar surface area (TPSA) is 27.7 Å². The smallest absolute Gasteiger partial charge is 0.0826 e. The average Bonchev–Trinajstić information content (AvgIpc) is 2.48. The molecule has 0 amide bonds. The Bertz CT molecular complexity index is 256. The highest BCUT2D eigenvalue weighted by Gasteiger charge is 2.18. The van der Waals surface area contributed by atoms with Crippen LogP contribution in [0.3, 0.4) is 0 Å². The summed E-state index contributed by atoms with van der Waals surface area (Å²) in [4.78, 5) is 4.93. The largest absolute Gasteiger partial charge is 0.374 e. The van der Waals surface area contributed by atoms with Gasteiger partial charge in [-0.3, -0.25) is 0 Å². The molecule has 1 atom stereocenters. The van der Waals surface area contributed by atoms with Crippen molar-refractivity contribution < 1.29 is 4.74 Å². The number of rotatable bonds is 7. The Morgan fingerprint density at radius 1 is 1.25 bits per heavy atom. The van der Waals surface area contributed by atoms with Gasteiger partial charge in [0.2, 0.25) is 0 Å². The molecule has 2 rings (SSSR count). The lowest BCUT2D eigenvalue weighted by Crippen LogP contribution is -2.45. The summed E-state index contributed by atoms with van der Waals surface area (Å²) in [5.74, 6) is 0. The zero-order valence-corrected chi connectivity index (χ0v) is 13.4. The molecular weight excluding hydrogens is 250 g/mol. The molecule has 0 aromatic rings. The van der Waals surface area contributed by atoms with Gasteiger partial charge in [-0.05, 0) is 46.4 Å². The normalized spacial score (nSPS) is 26.2. The number of nitrogens with zero attached hydrogens (tertiary/aromatic N) is 2. The lowest BCUT2D eigenvalue weighted by atomic mass is 9.94. The van der Waals surface area contributed by atoms with Gasteiger partial charge in [0.15, 0.2) is 0 Å². The third-order valence-electron chi connectivity index (χ3n) is 4.78. The van der Waals surface area contributed by atoms with Gasteiger partial charge >= 0.3 is 0 Å². The third kappa shape index (κ3) is 5.68. The second-order valence-electron chi connectivity index (χ2n) is 6.59. The minimum Gasteiger partial charge on any atom is -0.374 e. The minimum absolute atomic E-state index is 0.379. The van der Waals surface area contributed by atoms with Crippen LogP contribution >= 0.6 is 0 Å². The summed E-state index contributed by atoms with van der Waals surface area (Å²) in [6, 6.07) is 0.846. The summed E-state index contributed by atoms with van der Waals surface area (Å²) < 4.78 is 5.76. The average molecular weight is 283 g/mol. The van der Waals surface area contributed by atoms with Crippen molar-refractivity contribution in [1.82, 2.24) is 15.1 Å². The standard InChI is InChI=1S/C16H33N3O/c1-18-11-12-20-16(14-18)13-17-9-6-10-19(2)15-7-4-3-5-8-15/h15-17H,3-14H2,1-2H3. The van der Waals surface area contributed by atoms with Crippen molar-refractivity contribution in [3.63, 3.8) is 0 Å². The summed E-state index contributed by atoms with van der Waals surface area (Å²) in [7, 11) is 4.48. The van der Waals surface area contributed by atoms with E-state index in [1.165, 1.54) is 45.1 Å². The Morgan fingerprint density at radius 2 is 2.05 bits per heavy atom. The van der Waals surface area contributed by atoms with Gasteiger partial charge in [0.1, 0.15) is 0 Å². The third-order valence-corrected chi connectivity index (χ3v) is 4.78. The second-order valence-corrected chi connectivity index (χ2v) is 6.59. The maximum atomic E-state index is 5.76. The molecule has 1 saturated carbocycles. The van der Waals surface area contributed by atoms with Crippen LogP contribution in [0.2, 0.25) is 0 Å². The monoisotopic (exact) mass is 283 g/mol. The highest BCUT2D eigenvalue weighted by atomic mass is 16.5. The second kappa shape index (κ2) is 8.98. The van der Waals surface area contributed by atoms with Crippen molar-refractivity contribution in [2.24, 2.45) is 0 Å². The Morgan fingerprint density at radius 3 is 2.80 bits per heavy atom.